The molecule has 0 radical (unpaired) electrons. The van der Waals surface area contributed by atoms with E-state index in [9.17, 15) is 33.9 Å². The Balaban J connectivity index is 5.54. The van der Waals surface area contributed by atoms with Crippen LogP contribution in [0.15, 0.2) is 4.99 Å². The number of amides is 4. The number of nitrogens with two attached hydrogens (primary N) is 4. The van der Waals surface area contributed by atoms with E-state index < -0.39 is 73.1 Å². The Kier molecular flexibility index (Phi) is 13.2. The van der Waals surface area contributed by atoms with Crippen LogP contribution >= 0.6 is 0 Å². The van der Waals surface area contributed by atoms with Crippen LogP contribution in [0.4, 0.5) is 0 Å². The first-order valence-corrected chi connectivity index (χ1v) is 9.75. The fourth-order valence-corrected chi connectivity index (χ4v) is 2.51. The second-order valence-corrected chi connectivity index (χ2v) is 6.84. The van der Waals surface area contributed by atoms with Crippen LogP contribution in [0, 0.1) is 0 Å². The smallest absolute Gasteiger partial charge is 0.326 e. The molecule has 16 nitrogen and oxygen atoms in total. The van der Waals surface area contributed by atoms with Crippen molar-refractivity contribution in [2.45, 2.75) is 50.2 Å². The zero-order valence-electron chi connectivity index (χ0n) is 17.8. The summed E-state index contributed by atoms with van der Waals surface area (Å²) in [5, 5.41) is 24.7. The fourth-order valence-electron chi connectivity index (χ4n) is 2.51. The molecule has 186 valence electrons. The van der Waals surface area contributed by atoms with Crippen molar-refractivity contribution in [3.8, 4) is 0 Å². The van der Waals surface area contributed by atoms with E-state index >= 15 is 0 Å². The number of carboxylic acid groups (broad SMARTS) is 2. The number of aliphatic imine (C=N–C) groups is 1. The SMILES string of the molecule is NCC(=O)NC(CCC(=O)O)C(=O)NC(CCCN=C(N)N)C(=O)NC(CC(N)=O)C(=O)O. The van der Waals surface area contributed by atoms with Gasteiger partial charge in [0.05, 0.1) is 13.0 Å². The van der Waals surface area contributed by atoms with Crippen molar-refractivity contribution in [2.75, 3.05) is 13.1 Å². The number of carbonyl (C=O) groups is 6. The molecular formula is C17H30N8O8. The van der Waals surface area contributed by atoms with Crippen LogP contribution in [0.5, 0.6) is 0 Å². The van der Waals surface area contributed by atoms with E-state index in [1.54, 1.807) is 0 Å². The molecule has 16 heteroatoms. The van der Waals surface area contributed by atoms with Gasteiger partial charge in [-0.2, -0.15) is 0 Å². The summed E-state index contributed by atoms with van der Waals surface area (Å²) in [6.45, 7) is -0.384. The minimum atomic E-state index is -1.65. The third-order valence-electron chi connectivity index (χ3n) is 4.08. The number of nitrogens with zero attached hydrogens (tertiary/aromatic N) is 1. The summed E-state index contributed by atoms with van der Waals surface area (Å²) in [6.07, 6.45) is -1.34. The molecule has 3 atom stereocenters. The summed E-state index contributed by atoms with van der Waals surface area (Å²) in [6, 6.07) is -4.30. The molecule has 4 amide bonds. The number of nitrogens with one attached hydrogen (secondary N) is 3. The maximum Gasteiger partial charge on any atom is 0.326 e. The topological polar surface area (TPSA) is 295 Å². The van der Waals surface area contributed by atoms with Gasteiger partial charge in [-0.05, 0) is 19.3 Å². The zero-order chi connectivity index (χ0) is 25.6. The second kappa shape index (κ2) is 15.0. The summed E-state index contributed by atoms with van der Waals surface area (Å²) < 4.78 is 0. The summed E-state index contributed by atoms with van der Waals surface area (Å²) in [7, 11) is 0. The first-order chi connectivity index (χ1) is 15.4. The Hall–Kier alpha value is -3.95. The standard InChI is InChI=1S/C17H30N8O8/c18-7-12(27)23-9(3-4-13(28)29)15(31)24-8(2-1-5-22-17(20)21)14(30)25-10(16(32)33)6-11(19)26/h8-10H,1-7,18H2,(H2,19,26)(H,23,27)(H,24,31)(H,25,30)(H,28,29)(H,32,33)(H4,20,21,22). The molecule has 0 bridgehead atoms. The minimum Gasteiger partial charge on any atom is -0.481 e. The lowest BCUT2D eigenvalue weighted by Crippen LogP contribution is -2.56. The quantitative estimate of drug-likeness (QED) is 0.0581. The van der Waals surface area contributed by atoms with Crippen LogP contribution in [0.3, 0.4) is 0 Å². The molecular weight excluding hydrogens is 444 g/mol. The van der Waals surface area contributed by atoms with Gasteiger partial charge in [0.25, 0.3) is 0 Å². The van der Waals surface area contributed by atoms with Crippen molar-refractivity contribution in [1.29, 1.82) is 0 Å². The lowest BCUT2D eigenvalue weighted by atomic mass is 10.1. The molecule has 13 N–H and O–H groups in total. The molecule has 0 spiro atoms. The third-order valence-corrected chi connectivity index (χ3v) is 4.08. The molecule has 0 fully saturated rings. The van der Waals surface area contributed by atoms with Gasteiger partial charge in [0, 0.05) is 13.0 Å². The largest absolute Gasteiger partial charge is 0.481 e. The lowest BCUT2D eigenvalue weighted by Gasteiger charge is -2.24. The molecule has 0 aliphatic heterocycles. The van der Waals surface area contributed by atoms with Crippen LogP contribution in [0.1, 0.15) is 32.1 Å². The third kappa shape index (κ3) is 13.1. The van der Waals surface area contributed by atoms with Crippen molar-refractivity contribution in [3.05, 3.63) is 0 Å². The second-order valence-electron chi connectivity index (χ2n) is 6.84. The van der Waals surface area contributed by atoms with E-state index in [1.807, 2.05) is 0 Å². The van der Waals surface area contributed by atoms with Gasteiger partial charge in [0.15, 0.2) is 5.96 Å². The van der Waals surface area contributed by atoms with Gasteiger partial charge >= 0.3 is 11.9 Å². The van der Waals surface area contributed by atoms with Gasteiger partial charge < -0.3 is 49.1 Å². The molecule has 0 aromatic heterocycles. The van der Waals surface area contributed by atoms with Crippen molar-refractivity contribution in [2.24, 2.45) is 27.9 Å². The monoisotopic (exact) mass is 474 g/mol. The van der Waals surface area contributed by atoms with Crippen LogP contribution in [-0.4, -0.2) is 83.0 Å². The highest BCUT2D eigenvalue weighted by Gasteiger charge is 2.30. The van der Waals surface area contributed by atoms with Gasteiger partial charge in [-0.15, -0.1) is 0 Å². The minimum absolute atomic E-state index is 0.0618. The Bertz CT molecular complexity index is 768. The van der Waals surface area contributed by atoms with Crippen molar-refractivity contribution >= 4 is 41.5 Å². The molecule has 0 aliphatic carbocycles. The Morgan fingerprint density at radius 2 is 1.36 bits per heavy atom. The van der Waals surface area contributed by atoms with E-state index in [1.165, 1.54) is 0 Å². The molecule has 33 heavy (non-hydrogen) atoms. The first kappa shape index (κ1) is 29.0. The summed E-state index contributed by atoms with van der Waals surface area (Å²) >= 11 is 0. The van der Waals surface area contributed by atoms with Gasteiger partial charge in [-0.3, -0.25) is 29.0 Å². The van der Waals surface area contributed by atoms with Gasteiger partial charge in [0.2, 0.25) is 23.6 Å². The number of aliphatic carboxylic acids is 2. The lowest BCUT2D eigenvalue weighted by molar-refractivity contribution is -0.143. The van der Waals surface area contributed by atoms with Crippen molar-refractivity contribution in [3.63, 3.8) is 0 Å². The van der Waals surface area contributed by atoms with E-state index in [0.717, 1.165) is 0 Å². The van der Waals surface area contributed by atoms with E-state index in [-0.39, 0.29) is 31.8 Å². The highest BCUT2D eigenvalue weighted by atomic mass is 16.4. The zero-order valence-corrected chi connectivity index (χ0v) is 17.8. The number of carbonyl (C=O) groups excluding carboxylic acids is 4. The normalized spacial score (nSPS) is 13.0. The van der Waals surface area contributed by atoms with E-state index in [0.29, 0.717) is 0 Å². The van der Waals surface area contributed by atoms with Crippen molar-refractivity contribution < 1.29 is 39.0 Å². The Labute approximate surface area is 188 Å². The van der Waals surface area contributed by atoms with Crippen LogP contribution in [0.25, 0.3) is 0 Å². The molecule has 0 saturated carbocycles. The Morgan fingerprint density at radius 1 is 0.818 bits per heavy atom. The number of primary amides is 1. The number of hydrogen-bond acceptors (Lipinski definition) is 8. The summed E-state index contributed by atoms with van der Waals surface area (Å²) in [5.74, 6) is -6.52. The first-order valence-electron chi connectivity index (χ1n) is 9.75. The molecule has 3 unspecified atom stereocenters. The summed E-state index contributed by atoms with van der Waals surface area (Å²) in [5.41, 5.74) is 20.6. The van der Waals surface area contributed by atoms with Gasteiger partial charge in [-0.25, -0.2) is 4.79 Å². The van der Waals surface area contributed by atoms with Crippen LogP contribution in [0.2, 0.25) is 0 Å². The van der Waals surface area contributed by atoms with E-state index in [2.05, 4.69) is 20.9 Å². The molecule has 0 aliphatic rings. The van der Waals surface area contributed by atoms with Crippen LogP contribution < -0.4 is 38.9 Å². The predicted molar refractivity (Wildman–Crippen MR) is 113 cm³/mol. The number of guanidine groups is 1. The molecule has 0 rings (SSSR count). The number of hydrogen-bond donors (Lipinski definition) is 9. The highest BCUT2D eigenvalue weighted by molar-refractivity contribution is 5.94. The average molecular weight is 474 g/mol. The fraction of sp³-hybridized carbons (Fsp3) is 0.588. The van der Waals surface area contributed by atoms with Gasteiger partial charge in [-0.1, -0.05) is 0 Å². The van der Waals surface area contributed by atoms with Crippen LogP contribution in [-0.2, 0) is 28.8 Å². The predicted octanol–water partition coefficient (Wildman–Crippen LogP) is -4.72. The maximum atomic E-state index is 12.7. The Morgan fingerprint density at radius 3 is 1.82 bits per heavy atom. The average Bonchev–Trinajstić information content (AvgIpc) is 2.71. The number of carboxylic acids is 2. The molecule has 0 heterocycles. The molecule has 0 aromatic rings. The maximum absolute atomic E-state index is 12.7. The highest BCUT2D eigenvalue weighted by Crippen LogP contribution is 2.05. The van der Waals surface area contributed by atoms with E-state index in [4.69, 9.17) is 28.0 Å². The summed E-state index contributed by atoms with van der Waals surface area (Å²) in [4.78, 5) is 73.9. The molecule has 0 saturated heterocycles. The number of rotatable bonds is 16. The van der Waals surface area contributed by atoms with Crippen molar-refractivity contribution in [1.82, 2.24) is 16.0 Å². The molecule has 0 aromatic carbocycles. The van der Waals surface area contributed by atoms with Gasteiger partial charge in [0.1, 0.15) is 18.1 Å².